The van der Waals surface area contributed by atoms with Gasteiger partial charge in [-0.05, 0) is 117 Å². The van der Waals surface area contributed by atoms with Crippen molar-refractivity contribution in [2.24, 2.45) is 26.2 Å². The Labute approximate surface area is 587 Å². The Morgan fingerprint density at radius 3 is 2.10 bits per heavy atom. The summed E-state index contributed by atoms with van der Waals surface area (Å²) in [6, 6.07) is 30.9. The first-order chi connectivity index (χ1) is 49.1. The number of rotatable bonds is 35. The van der Waals surface area contributed by atoms with Gasteiger partial charge in [0, 0.05) is 129 Å². The molecule has 8 N–H and O–H groups in total. The number of nitrogens with zero attached hydrogens (tertiary/aromatic N) is 11. The lowest BCUT2D eigenvalue weighted by Gasteiger charge is -2.40. The number of benzene rings is 6. The predicted molar refractivity (Wildman–Crippen MR) is 376 cm³/mol. The van der Waals surface area contributed by atoms with Crippen molar-refractivity contribution in [2.75, 3.05) is 98.7 Å². The van der Waals surface area contributed by atoms with E-state index in [2.05, 4.69) is 46.7 Å². The van der Waals surface area contributed by atoms with Gasteiger partial charge in [-0.15, -0.1) is 15.3 Å². The summed E-state index contributed by atoms with van der Waals surface area (Å²) < 4.78 is 38.3. The van der Waals surface area contributed by atoms with Gasteiger partial charge in [-0.2, -0.15) is 10.2 Å². The van der Waals surface area contributed by atoms with E-state index in [1.54, 1.807) is 41.2 Å². The Kier molecular flexibility index (Phi) is 26.7. The zero-order valence-corrected chi connectivity index (χ0v) is 57.8. The topological polar surface area (TPSA) is 406 Å². The third-order valence-corrected chi connectivity index (χ3v) is 16.9. The van der Waals surface area contributed by atoms with Crippen molar-refractivity contribution in [3.63, 3.8) is 0 Å². The van der Waals surface area contributed by atoms with Gasteiger partial charge in [0.05, 0.1) is 68.6 Å². The second-order valence-electron chi connectivity index (χ2n) is 24.6. The monoisotopic (exact) mass is 1400 g/mol. The van der Waals surface area contributed by atoms with E-state index < -0.39 is 59.5 Å². The molecule has 1 aliphatic carbocycles. The molecule has 2 aliphatic heterocycles. The Balaban J connectivity index is 0.674. The van der Waals surface area contributed by atoms with Crippen molar-refractivity contribution < 1.29 is 72.6 Å². The molecule has 102 heavy (non-hydrogen) atoms. The molecule has 0 unspecified atom stereocenters. The van der Waals surface area contributed by atoms with Crippen molar-refractivity contribution in [1.29, 1.82) is 0 Å². The second kappa shape index (κ2) is 36.1. The molecule has 3 aliphatic rings. The van der Waals surface area contributed by atoms with Crippen LogP contribution in [0.15, 0.2) is 146 Å². The number of hydrogen-bond acceptors (Lipinski definition) is 25. The lowest BCUT2D eigenvalue weighted by atomic mass is 9.89. The van der Waals surface area contributed by atoms with Crippen LogP contribution in [0.4, 0.5) is 39.8 Å². The van der Waals surface area contributed by atoms with Crippen LogP contribution in [-0.2, 0) is 37.0 Å². The number of hydrogen-bond donors (Lipinski definition) is 7. The fraction of sp³-hybridized carbons (Fsp3) is 0.394. The van der Waals surface area contributed by atoms with E-state index in [1.807, 2.05) is 98.1 Å². The third kappa shape index (κ3) is 19.9. The lowest BCUT2D eigenvalue weighted by molar-refractivity contribution is -0.384. The summed E-state index contributed by atoms with van der Waals surface area (Å²) >= 11 is 0. The molecule has 3 amide bonds. The van der Waals surface area contributed by atoms with Crippen molar-refractivity contribution in [2.45, 2.75) is 94.8 Å². The average molecular weight is 1400 g/mol. The number of carboxylic acids is 1. The number of aliphatic hydroxyl groups excluding tert-OH is 3. The standard InChI is InChI=1S/C71H85N15O16/c1-82(2)49-24-27-52-58(36-49)101-59-37-50(83(3)4)25-28-53(59)64(52)51-26-15-43(35-54(51)70(93)94)68(91)75-55(13-8-9-29-72)69(92)74-30-11-33-85-40-46(78-81-85)41-99-42-62-65(88)66(89)67(90)71(102-62)100-34-12-31-73-63(87)14-10-32-84(5)47-20-16-44(17-21-47)76-79-56-38-61(98-7)57(39-60(56)97-6)80-77-45-18-22-48(23-19-45)86(95)96/h15-28,35-40,55,62,65-67,71,88-90H,8-14,29-34,41-42,72H2,1-7H3,(H3-,73,74,75,87,91,92,93,94)/b79-76+,80-77+/t55-,62+,65+,66-,67+,71+/m0/s1. The number of carbonyl (C=O) groups excluding carboxylic acids is 4. The highest BCUT2D eigenvalue weighted by Crippen LogP contribution is 2.44. The van der Waals surface area contributed by atoms with Crippen LogP contribution in [0.25, 0.3) is 33.4 Å². The van der Waals surface area contributed by atoms with Crippen LogP contribution in [0.3, 0.4) is 0 Å². The van der Waals surface area contributed by atoms with Gasteiger partial charge in [0.15, 0.2) is 6.29 Å². The first kappa shape index (κ1) is 75.5. The van der Waals surface area contributed by atoms with Crippen molar-refractivity contribution in [3.8, 4) is 33.9 Å². The van der Waals surface area contributed by atoms with Crippen LogP contribution in [0, 0.1) is 10.1 Å². The van der Waals surface area contributed by atoms with Crippen LogP contribution in [0.1, 0.15) is 71.4 Å². The Morgan fingerprint density at radius 2 is 1.44 bits per heavy atom. The van der Waals surface area contributed by atoms with E-state index in [0.29, 0.717) is 125 Å². The minimum Gasteiger partial charge on any atom is -0.545 e. The molecule has 0 saturated carbocycles. The number of anilines is 2. The molecule has 3 heterocycles. The Hall–Kier alpha value is -10.7. The maximum absolute atomic E-state index is 13.9. The molecular weight excluding hydrogens is 1320 g/mol. The van der Waals surface area contributed by atoms with E-state index in [-0.39, 0.29) is 68.5 Å². The number of unbranched alkanes of at least 4 members (excludes halogenated alkanes) is 1. The zero-order valence-electron chi connectivity index (χ0n) is 57.8. The summed E-state index contributed by atoms with van der Waals surface area (Å²) in [6.07, 6.45) is -2.41. The number of nitrogens with one attached hydrogen (secondary N) is 3. The fourth-order valence-electron chi connectivity index (χ4n) is 11.2. The Bertz CT molecular complexity index is 4310. The van der Waals surface area contributed by atoms with Gasteiger partial charge in [0.1, 0.15) is 84.5 Å². The summed E-state index contributed by atoms with van der Waals surface area (Å²) in [5.74, 6) is -1.52. The van der Waals surface area contributed by atoms with Gasteiger partial charge in [-0.3, -0.25) is 29.2 Å². The number of aryl methyl sites for hydroxylation is 1. The number of aliphatic hydroxyl groups is 3. The lowest BCUT2D eigenvalue weighted by Crippen LogP contribution is -2.59. The molecule has 0 radical (unpaired) electrons. The Morgan fingerprint density at radius 1 is 0.765 bits per heavy atom. The molecule has 31 nitrogen and oxygen atoms in total. The predicted octanol–water partition coefficient (Wildman–Crippen LogP) is 6.21. The molecule has 1 saturated heterocycles. The number of nitrogens with two attached hydrogens (primary N) is 1. The summed E-state index contributed by atoms with van der Waals surface area (Å²) in [5, 5.41) is 91.6. The van der Waals surface area contributed by atoms with Crippen molar-refractivity contribution in [3.05, 3.63) is 154 Å². The minimum absolute atomic E-state index is 0.0162. The van der Waals surface area contributed by atoms with Gasteiger partial charge in [0.25, 0.3) is 11.6 Å². The number of non-ortho nitro benzene ring substituents is 1. The van der Waals surface area contributed by atoms with Crippen LogP contribution >= 0.6 is 0 Å². The number of amides is 3. The number of aromatic nitrogens is 3. The third-order valence-electron chi connectivity index (χ3n) is 16.9. The van der Waals surface area contributed by atoms with Gasteiger partial charge in [-0.25, -0.2) is 4.58 Å². The number of ether oxygens (including phenoxy) is 5. The minimum atomic E-state index is -1.60. The molecule has 1 fully saturated rings. The number of nitro benzene ring substituents is 1. The van der Waals surface area contributed by atoms with E-state index in [0.717, 1.165) is 16.7 Å². The van der Waals surface area contributed by atoms with Crippen LogP contribution in [-0.4, -0.2) is 185 Å². The molecule has 1 aromatic heterocycles. The van der Waals surface area contributed by atoms with Crippen LogP contribution in [0.2, 0.25) is 0 Å². The normalized spacial score (nSPS) is 16.3. The molecular formula is C71H85N15O16. The highest BCUT2D eigenvalue weighted by molar-refractivity contribution is 6.09. The molecule has 0 bridgehead atoms. The number of azo groups is 2. The SMILES string of the molecule is COc1cc(/N=N/c2ccc([N+](=O)[O-])cc2)c(OC)cc1/N=N/c1ccc(N(C)CCCC(=O)NCCCO[C@@H]2O[C@H](COCc3cn(CCCNC(=O)[C@H](CCCCN)NC(=O)c4ccc(-c5c6ccc(=[N+](C)C)cc-6oc6cc(N(C)C)ccc56)c(C(=O)[O-])c4)nn3)[C@@H](O)[C@H](O)[C@H]2O)cc1. The zero-order chi connectivity index (χ0) is 73.0. The molecule has 6 aromatic rings. The first-order valence-electron chi connectivity index (χ1n) is 33.2. The van der Waals surface area contributed by atoms with Gasteiger partial charge >= 0.3 is 0 Å². The van der Waals surface area contributed by atoms with Gasteiger partial charge < -0.3 is 84.8 Å². The van der Waals surface area contributed by atoms with Gasteiger partial charge in [0.2, 0.25) is 17.2 Å². The summed E-state index contributed by atoms with van der Waals surface area (Å²) in [5.41, 5.74) is 11.5. The molecule has 0 spiro atoms. The number of fused-ring (bicyclic) bond motifs is 2. The number of nitro groups is 1. The van der Waals surface area contributed by atoms with Gasteiger partial charge in [-0.1, -0.05) is 11.3 Å². The smallest absolute Gasteiger partial charge is 0.269 e. The quantitative estimate of drug-likeness (QED) is 0.00579. The number of carboxylic acid groups (broad SMARTS) is 1. The van der Waals surface area contributed by atoms with E-state index in [4.69, 9.17) is 33.8 Å². The average Bonchev–Trinajstić information content (AvgIpc) is 0.889. The highest BCUT2D eigenvalue weighted by Gasteiger charge is 2.44. The summed E-state index contributed by atoms with van der Waals surface area (Å²) in [7, 11) is 12.5. The fourth-order valence-corrected chi connectivity index (χ4v) is 11.2. The second-order valence-corrected chi connectivity index (χ2v) is 24.6. The summed E-state index contributed by atoms with van der Waals surface area (Å²) in [6.45, 7) is 1.58. The largest absolute Gasteiger partial charge is 0.545 e. The van der Waals surface area contributed by atoms with E-state index >= 15 is 0 Å². The first-order valence-corrected chi connectivity index (χ1v) is 33.2. The summed E-state index contributed by atoms with van der Waals surface area (Å²) in [4.78, 5) is 67.8. The van der Waals surface area contributed by atoms with Crippen molar-refractivity contribution in [1.82, 2.24) is 35.5 Å². The molecule has 540 valence electrons. The molecule has 6 atom stereocenters. The molecule has 31 heteroatoms. The maximum Gasteiger partial charge on any atom is 0.269 e. The number of carbonyl (C=O) groups is 4. The highest BCUT2D eigenvalue weighted by atomic mass is 16.7. The molecule has 9 rings (SSSR count). The molecule has 5 aromatic carbocycles. The number of methoxy groups -OCH3 is 2. The maximum atomic E-state index is 13.9. The van der Waals surface area contributed by atoms with E-state index in [1.165, 1.54) is 50.6 Å². The van der Waals surface area contributed by atoms with Crippen LogP contribution in [0.5, 0.6) is 11.5 Å². The van der Waals surface area contributed by atoms with E-state index in [9.17, 15) is 49.7 Å². The number of aromatic carboxylic acids is 1. The van der Waals surface area contributed by atoms with Crippen molar-refractivity contribution >= 4 is 74.5 Å². The van der Waals surface area contributed by atoms with Crippen LogP contribution < -0.4 is 56.0 Å².